The summed E-state index contributed by atoms with van der Waals surface area (Å²) in [7, 11) is 1.98. The zero-order valence-electron chi connectivity index (χ0n) is 8.96. The molecule has 0 radical (unpaired) electrons. The Morgan fingerprint density at radius 3 is 1.93 bits per heavy atom. The van der Waals surface area contributed by atoms with Gasteiger partial charge in [-0.1, -0.05) is 0 Å². The van der Waals surface area contributed by atoms with Gasteiger partial charge in [0.2, 0.25) is 9.05 Å². The van der Waals surface area contributed by atoms with Gasteiger partial charge in [-0.25, -0.2) is 8.42 Å². The van der Waals surface area contributed by atoms with Gasteiger partial charge in [0.1, 0.15) is 0 Å². The molecule has 1 aliphatic rings. The molecule has 0 aromatic carbocycles. The van der Waals surface area contributed by atoms with Crippen LogP contribution in [-0.2, 0) is 9.05 Å². The van der Waals surface area contributed by atoms with Crippen LogP contribution in [0.5, 0.6) is 0 Å². The summed E-state index contributed by atoms with van der Waals surface area (Å²) in [6, 6.07) is 0. The van der Waals surface area contributed by atoms with E-state index in [0.29, 0.717) is 12.8 Å². The summed E-state index contributed by atoms with van der Waals surface area (Å²) >= 11 is 0. The molecule has 3 nitrogen and oxygen atoms in total. The summed E-state index contributed by atoms with van der Waals surface area (Å²) in [5, 5.41) is -0.345. The molecule has 1 aliphatic heterocycles. The molecule has 0 aromatic heterocycles. The van der Waals surface area contributed by atoms with Crippen molar-refractivity contribution in [2.75, 3.05) is 13.1 Å². The van der Waals surface area contributed by atoms with Crippen LogP contribution in [0, 0.1) is 0 Å². The number of likely N-dealkylation sites (tertiary alicyclic amines) is 1. The van der Waals surface area contributed by atoms with Crippen LogP contribution >= 0.6 is 10.7 Å². The Balaban J connectivity index is 2.56. The van der Waals surface area contributed by atoms with Gasteiger partial charge in [-0.05, 0) is 46.7 Å². The van der Waals surface area contributed by atoms with Crippen LogP contribution in [-0.4, -0.2) is 37.2 Å². The van der Waals surface area contributed by atoms with Crippen molar-refractivity contribution < 1.29 is 8.42 Å². The van der Waals surface area contributed by atoms with Crippen molar-refractivity contribution in [3.05, 3.63) is 0 Å². The van der Waals surface area contributed by atoms with Gasteiger partial charge in [-0.15, -0.1) is 0 Å². The summed E-state index contributed by atoms with van der Waals surface area (Å²) in [5.41, 5.74) is 0.126. The zero-order chi connectivity index (χ0) is 11.0. The summed E-state index contributed by atoms with van der Waals surface area (Å²) < 4.78 is 22.2. The summed E-state index contributed by atoms with van der Waals surface area (Å²) in [5.74, 6) is 0. The van der Waals surface area contributed by atoms with Crippen molar-refractivity contribution >= 4 is 19.7 Å². The third-order valence-electron chi connectivity index (χ3n) is 2.79. The molecule has 0 aromatic rings. The van der Waals surface area contributed by atoms with Crippen LogP contribution in [0.2, 0.25) is 0 Å². The largest absolute Gasteiger partial charge is 0.298 e. The van der Waals surface area contributed by atoms with E-state index < -0.39 is 9.05 Å². The van der Waals surface area contributed by atoms with E-state index in [4.69, 9.17) is 10.7 Å². The molecule has 0 aliphatic carbocycles. The second-order valence-corrected chi connectivity index (χ2v) is 7.74. The summed E-state index contributed by atoms with van der Waals surface area (Å²) in [4.78, 5) is 2.30. The first kappa shape index (κ1) is 12.3. The van der Waals surface area contributed by atoms with E-state index in [1.807, 2.05) is 0 Å². The highest BCUT2D eigenvalue weighted by molar-refractivity contribution is 8.14. The molecule has 84 valence electrons. The molecule has 5 heteroatoms. The third-order valence-corrected chi connectivity index (χ3v) is 4.81. The Labute approximate surface area is 90.8 Å². The Hall–Kier alpha value is 0.200. The van der Waals surface area contributed by atoms with Gasteiger partial charge < -0.3 is 0 Å². The lowest BCUT2D eigenvalue weighted by molar-refractivity contribution is 0.112. The minimum atomic E-state index is -3.35. The van der Waals surface area contributed by atoms with Crippen molar-refractivity contribution in [1.82, 2.24) is 4.90 Å². The fourth-order valence-electron chi connectivity index (χ4n) is 1.81. The van der Waals surface area contributed by atoms with E-state index >= 15 is 0 Å². The lowest BCUT2D eigenvalue weighted by atomic mass is 10.0. The van der Waals surface area contributed by atoms with E-state index in [1.54, 1.807) is 0 Å². The van der Waals surface area contributed by atoms with E-state index in [1.165, 1.54) is 0 Å². The van der Waals surface area contributed by atoms with Gasteiger partial charge in [-0.3, -0.25) is 4.90 Å². The van der Waals surface area contributed by atoms with Crippen LogP contribution in [0.3, 0.4) is 0 Å². The molecule has 14 heavy (non-hydrogen) atoms. The molecular weight excluding hydrogens is 222 g/mol. The molecule has 0 bridgehead atoms. The minimum absolute atomic E-state index is 0.126. The van der Waals surface area contributed by atoms with Crippen molar-refractivity contribution in [2.24, 2.45) is 0 Å². The summed E-state index contributed by atoms with van der Waals surface area (Å²) in [6.45, 7) is 8.06. The van der Waals surface area contributed by atoms with E-state index in [-0.39, 0.29) is 10.8 Å². The Bertz CT molecular complexity index is 286. The maximum Gasteiger partial charge on any atom is 0.235 e. The molecule has 0 N–H and O–H groups in total. The SMILES string of the molecule is CC(C)(C)N1CCC(S(=O)(=O)Cl)CC1. The van der Waals surface area contributed by atoms with Gasteiger partial charge in [0.15, 0.2) is 0 Å². The number of hydrogen-bond acceptors (Lipinski definition) is 3. The van der Waals surface area contributed by atoms with Crippen LogP contribution in [0.15, 0.2) is 0 Å². The molecule has 0 atom stereocenters. The molecule has 1 fully saturated rings. The first-order chi connectivity index (χ1) is 6.21. The van der Waals surface area contributed by atoms with Crippen LogP contribution in [0.4, 0.5) is 0 Å². The Morgan fingerprint density at radius 1 is 1.21 bits per heavy atom. The van der Waals surface area contributed by atoms with Crippen LogP contribution in [0.25, 0.3) is 0 Å². The first-order valence-electron chi connectivity index (χ1n) is 4.90. The highest BCUT2D eigenvalue weighted by Crippen LogP contribution is 2.25. The van der Waals surface area contributed by atoms with Crippen LogP contribution in [0.1, 0.15) is 33.6 Å². The second kappa shape index (κ2) is 3.99. The standard InChI is InChI=1S/C9H18ClNO2S/c1-9(2,3)11-6-4-8(5-7-11)14(10,12)13/h8H,4-7H2,1-3H3. The quantitative estimate of drug-likeness (QED) is 0.655. The maximum atomic E-state index is 11.1. The van der Waals surface area contributed by atoms with Crippen LogP contribution < -0.4 is 0 Å². The lowest BCUT2D eigenvalue weighted by Gasteiger charge is -2.40. The zero-order valence-corrected chi connectivity index (χ0v) is 10.5. The van der Waals surface area contributed by atoms with Crippen molar-refractivity contribution in [1.29, 1.82) is 0 Å². The van der Waals surface area contributed by atoms with E-state index in [9.17, 15) is 8.42 Å². The lowest BCUT2D eigenvalue weighted by Crippen LogP contribution is -2.48. The monoisotopic (exact) mass is 239 g/mol. The molecule has 1 rings (SSSR count). The molecule has 1 heterocycles. The van der Waals surface area contributed by atoms with Gasteiger partial charge in [0.05, 0.1) is 5.25 Å². The normalized spacial score (nSPS) is 22.6. The number of nitrogens with zero attached hydrogens (tertiary/aromatic N) is 1. The van der Waals surface area contributed by atoms with Crippen molar-refractivity contribution in [2.45, 2.75) is 44.4 Å². The van der Waals surface area contributed by atoms with Crippen molar-refractivity contribution in [3.8, 4) is 0 Å². The van der Waals surface area contributed by atoms with Gasteiger partial charge in [-0.2, -0.15) is 0 Å². The fraction of sp³-hybridized carbons (Fsp3) is 1.00. The number of rotatable bonds is 1. The minimum Gasteiger partial charge on any atom is -0.298 e. The predicted molar refractivity (Wildman–Crippen MR) is 59.1 cm³/mol. The summed E-state index contributed by atoms with van der Waals surface area (Å²) in [6.07, 6.45) is 1.31. The average molecular weight is 240 g/mol. The predicted octanol–water partition coefficient (Wildman–Crippen LogP) is 1.82. The molecule has 0 amide bonds. The Kier molecular flexibility index (Phi) is 3.49. The van der Waals surface area contributed by atoms with E-state index in [0.717, 1.165) is 13.1 Å². The molecule has 0 saturated carbocycles. The molecule has 1 saturated heterocycles. The highest BCUT2D eigenvalue weighted by atomic mass is 35.7. The van der Waals surface area contributed by atoms with Gasteiger partial charge >= 0.3 is 0 Å². The number of piperidine rings is 1. The molecular formula is C9H18ClNO2S. The smallest absolute Gasteiger partial charge is 0.235 e. The topological polar surface area (TPSA) is 37.4 Å². The van der Waals surface area contributed by atoms with Gasteiger partial charge in [0.25, 0.3) is 0 Å². The number of halogens is 1. The third kappa shape index (κ3) is 3.11. The molecule has 0 spiro atoms. The number of hydrogen-bond donors (Lipinski definition) is 0. The van der Waals surface area contributed by atoms with Gasteiger partial charge in [0, 0.05) is 16.2 Å². The maximum absolute atomic E-state index is 11.1. The average Bonchev–Trinajstić information content (AvgIpc) is 2.01. The second-order valence-electron chi connectivity index (χ2n) is 4.83. The molecule has 0 unspecified atom stereocenters. The van der Waals surface area contributed by atoms with E-state index in [2.05, 4.69) is 25.7 Å². The Morgan fingerprint density at radius 2 is 1.64 bits per heavy atom. The fourth-order valence-corrected chi connectivity index (χ4v) is 3.12. The first-order valence-corrected chi connectivity index (χ1v) is 7.27. The van der Waals surface area contributed by atoms with Crippen molar-refractivity contribution in [3.63, 3.8) is 0 Å². The highest BCUT2D eigenvalue weighted by Gasteiger charge is 2.32.